The molecule has 5 heteroatoms. The number of hydrogen-bond acceptors (Lipinski definition) is 3. The molecule has 1 atom stereocenters. The maximum Gasteiger partial charge on any atom is 0.239 e. The van der Waals surface area contributed by atoms with Gasteiger partial charge in [-0.05, 0) is 43.9 Å². The van der Waals surface area contributed by atoms with Crippen molar-refractivity contribution in [3.8, 4) is 0 Å². The van der Waals surface area contributed by atoms with Crippen LogP contribution in [0.3, 0.4) is 0 Å². The predicted molar refractivity (Wildman–Crippen MR) is 83.3 cm³/mol. The van der Waals surface area contributed by atoms with Crippen molar-refractivity contribution in [3.05, 3.63) is 23.5 Å². The van der Waals surface area contributed by atoms with Crippen LogP contribution in [-0.2, 0) is 22.5 Å². The Morgan fingerprint density at radius 1 is 1.43 bits per heavy atom. The Hall–Kier alpha value is -1.33. The number of aryl methyl sites for hydroxylation is 1. The van der Waals surface area contributed by atoms with Crippen LogP contribution < -0.4 is 10.6 Å². The molecule has 0 spiro atoms. The molecule has 5 nitrogen and oxygen atoms in total. The molecule has 1 aromatic rings. The lowest BCUT2D eigenvalue weighted by atomic mass is 10.1. The molecule has 0 fully saturated rings. The maximum atomic E-state index is 11.9. The first kappa shape index (κ1) is 16.0. The smallest absolute Gasteiger partial charge is 0.239 e. The van der Waals surface area contributed by atoms with E-state index in [2.05, 4.69) is 23.0 Å². The standard InChI is InChI=1S/C16H27N3O2/c1-17-15-7-4-3-6-13-10-19(11-14(13)15)12-16(20)18-8-5-9-21-2/h10-11,15,17H,3-9,12H2,1-2H3,(H,18,20). The molecular weight excluding hydrogens is 266 g/mol. The maximum absolute atomic E-state index is 11.9. The molecule has 21 heavy (non-hydrogen) atoms. The first-order valence-corrected chi connectivity index (χ1v) is 7.86. The van der Waals surface area contributed by atoms with E-state index in [0.717, 1.165) is 12.8 Å². The van der Waals surface area contributed by atoms with Crippen LogP contribution in [0.2, 0.25) is 0 Å². The van der Waals surface area contributed by atoms with E-state index in [0.29, 0.717) is 25.7 Å². The number of hydrogen-bond donors (Lipinski definition) is 2. The minimum Gasteiger partial charge on any atom is -0.385 e. The molecule has 1 amide bonds. The molecule has 1 heterocycles. The summed E-state index contributed by atoms with van der Waals surface area (Å²) in [6.45, 7) is 1.76. The fourth-order valence-corrected chi connectivity index (χ4v) is 2.97. The van der Waals surface area contributed by atoms with Gasteiger partial charge in [0.15, 0.2) is 0 Å². The van der Waals surface area contributed by atoms with Gasteiger partial charge in [-0.3, -0.25) is 4.79 Å². The summed E-state index contributed by atoms with van der Waals surface area (Å²) in [6, 6.07) is 0.425. The molecule has 2 N–H and O–H groups in total. The van der Waals surface area contributed by atoms with E-state index >= 15 is 0 Å². The number of rotatable bonds is 7. The zero-order valence-electron chi connectivity index (χ0n) is 13.2. The van der Waals surface area contributed by atoms with Gasteiger partial charge in [-0.1, -0.05) is 6.42 Å². The molecule has 0 bridgehead atoms. The van der Waals surface area contributed by atoms with Crippen molar-refractivity contribution in [2.75, 3.05) is 27.3 Å². The molecule has 0 radical (unpaired) electrons. The average molecular weight is 293 g/mol. The fourth-order valence-electron chi connectivity index (χ4n) is 2.97. The van der Waals surface area contributed by atoms with Crippen molar-refractivity contribution in [2.45, 2.75) is 44.7 Å². The molecule has 0 saturated heterocycles. The van der Waals surface area contributed by atoms with Gasteiger partial charge in [0.1, 0.15) is 6.54 Å². The number of amides is 1. The SMILES string of the molecule is CNC1CCCCc2cn(CC(=O)NCCCOC)cc21. The molecule has 1 aliphatic carbocycles. The second kappa shape index (κ2) is 8.20. The third-order valence-electron chi connectivity index (χ3n) is 4.08. The highest BCUT2D eigenvalue weighted by Gasteiger charge is 2.19. The zero-order chi connectivity index (χ0) is 15.1. The Bertz CT molecular complexity index is 456. The van der Waals surface area contributed by atoms with Crippen molar-refractivity contribution < 1.29 is 9.53 Å². The molecule has 0 aliphatic heterocycles. The van der Waals surface area contributed by atoms with E-state index in [1.165, 1.54) is 30.4 Å². The van der Waals surface area contributed by atoms with Crippen LogP contribution in [0.5, 0.6) is 0 Å². The van der Waals surface area contributed by atoms with E-state index in [-0.39, 0.29) is 5.91 Å². The van der Waals surface area contributed by atoms with Crippen LogP contribution in [0.1, 0.15) is 42.9 Å². The van der Waals surface area contributed by atoms with Crippen LogP contribution >= 0.6 is 0 Å². The van der Waals surface area contributed by atoms with E-state index in [9.17, 15) is 4.79 Å². The van der Waals surface area contributed by atoms with Gasteiger partial charge < -0.3 is 19.9 Å². The van der Waals surface area contributed by atoms with Crippen LogP contribution in [-0.4, -0.2) is 37.8 Å². The fraction of sp³-hybridized carbons (Fsp3) is 0.688. The summed E-state index contributed by atoms with van der Waals surface area (Å²) in [5.41, 5.74) is 2.75. The zero-order valence-corrected chi connectivity index (χ0v) is 13.2. The second-order valence-electron chi connectivity index (χ2n) is 5.69. The van der Waals surface area contributed by atoms with E-state index in [1.807, 2.05) is 11.6 Å². The summed E-state index contributed by atoms with van der Waals surface area (Å²) in [4.78, 5) is 11.9. The normalized spacial score (nSPS) is 18.1. The molecule has 0 saturated carbocycles. The van der Waals surface area contributed by atoms with E-state index in [1.54, 1.807) is 7.11 Å². The third-order valence-corrected chi connectivity index (χ3v) is 4.08. The van der Waals surface area contributed by atoms with Crippen molar-refractivity contribution in [3.63, 3.8) is 0 Å². The molecule has 1 aliphatic rings. The summed E-state index contributed by atoms with van der Waals surface area (Å²) in [6.07, 6.45) is 9.92. The molecule has 0 aromatic carbocycles. The monoisotopic (exact) mass is 293 g/mol. The molecule has 1 aromatic heterocycles. The molecule has 118 valence electrons. The number of carbonyl (C=O) groups excluding carboxylic acids is 1. The van der Waals surface area contributed by atoms with Gasteiger partial charge in [0, 0.05) is 38.7 Å². The predicted octanol–water partition coefficient (Wildman–Crippen LogP) is 1.63. The lowest BCUT2D eigenvalue weighted by Crippen LogP contribution is -2.28. The number of fused-ring (bicyclic) bond motifs is 1. The van der Waals surface area contributed by atoms with Gasteiger partial charge in [-0.25, -0.2) is 0 Å². The van der Waals surface area contributed by atoms with Crippen LogP contribution in [0, 0.1) is 0 Å². The highest BCUT2D eigenvalue weighted by Crippen LogP contribution is 2.29. The Labute approximate surface area is 127 Å². The number of nitrogens with one attached hydrogen (secondary N) is 2. The van der Waals surface area contributed by atoms with Gasteiger partial charge in [0.05, 0.1) is 0 Å². The highest BCUT2D eigenvalue weighted by atomic mass is 16.5. The molecule has 2 rings (SSSR count). The van der Waals surface area contributed by atoms with Crippen molar-refractivity contribution in [1.82, 2.24) is 15.2 Å². The Morgan fingerprint density at radius 2 is 2.29 bits per heavy atom. The number of aromatic nitrogens is 1. The van der Waals surface area contributed by atoms with Crippen LogP contribution in [0.4, 0.5) is 0 Å². The second-order valence-corrected chi connectivity index (χ2v) is 5.69. The summed E-state index contributed by atoms with van der Waals surface area (Å²) >= 11 is 0. The van der Waals surface area contributed by atoms with Crippen molar-refractivity contribution >= 4 is 5.91 Å². The third kappa shape index (κ3) is 4.58. The van der Waals surface area contributed by atoms with Crippen molar-refractivity contribution in [1.29, 1.82) is 0 Å². The Morgan fingerprint density at radius 3 is 3.05 bits per heavy atom. The number of nitrogens with zero attached hydrogens (tertiary/aromatic N) is 1. The van der Waals surface area contributed by atoms with E-state index < -0.39 is 0 Å². The summed E-state index contributed by atoms with van der Waals surface area (Å²) in [7, 11) is 3.69. The van der Waals surface area contributed by atoms with Crippen LogP contribution in [0.25, 0.3) is 0 Å². The number of carbonyl (C=O) groups is 1. The van der Waals surface area contributed by atoms with Gasteiger partial charge >= 0.3 is 0 Å². The number of methoxy groups -OCH3 is 1. The largest absolute Gasteiger partial charge is 0.385 e. The molecular formula is C16H27N3O2. The quantitative estimate of drug-likeness (QED) is 0.593. The van der Waals surface area contributed by atoms with Gasteiger partial charge in [0.25, 0.3) is 0 Å². The summed E-state index contributed by atoms with van der Waals surface area (Å²) < 4.78 is 6.99. The topological polar surface area (TPSA) is 55.3 Å². The lowest BCUT2D eigenvalue weighted by Gasteiger charge is -2.13. The van der Waals surface area contributed by atoms with Gasteiger partial charge in [-0.2, -0.15) is 0 Å². The average Bonchev–Trinajstić information content (AvgIpc) is 2.76. The van der Waals surface area contributed by atoms with E-state index in [4.69, 9.17) is 4.74 Å². The number of ether oxygens (including phenoxy) is 1. The minimum atomic E-state index is 0.0669. The van der Waals surface area contributed by atoms with Crippen molar-refractivity contribution in [2.24, 2.45) is 0 Å². The van der Waals surface area contributed by atoms with Gasteiger partial charge in [0.2, 0.25) is 5.91 Å². The van der Waals surface area contributed by atoms with Gasteiger partial charge in [-0.15, -0.1) is 0 Å². The Balaban J connectivity index is 1.91. The first-order valence-electron chi connectivity index (χ1n) is 7.86. The first-order chi connectivity index (χ1) is 10.2. The Kier molecular flexibility index (Phi) is 6.26. The van der Waals surface area contributed by atoms with Crippen LogP contribution in [0.15, 0.2) is 12.4 Å². The minimum absolute atomic E-state index is 0.0669. The summed E-state index contributed by atoms with van der Waals surface area (Å²) in [5.74, 6) is 0.0669. The summed E-state index contributed by atoms with van der Waals surface area (Å²) in [5, 5.41) is 6.32. The highest BCUT2D eigenvalue weighted by molar-refractivity contribution is 5.75. The molecule has 1 unspecified atom stereocenters. The lowest BCUT2D eigenvalue weighted by molar-refractivity contribution is -0.121.